The fourth-order valence-electron chi connectivity index (χ4n) is 1.83. The van der Waals surface area contributed by atoms with Crippen LogP contribution in [0.25, 0.3) is 0 Å². The maximum Gasteiger partial charge on any atom is 0.172 e. The predicted octanol–water partition coefficient (Wildman–Crippen LogP) is 1.57. The Labute approximate surface area is 98.6 Å². The van der Waals surface area contributed by atoms with Gasteiger partial charge in [-0.15, -0.1) is 0 Å². The summed E-state index contributed by atoms with van der Waals surface area (Å²) >= 11 is 0. The van der Waals surface area contributed by atoms with Crippen LogP contribution in [0.1, 0.15) is 19.4 Å². The van der Waals surface area contributed by atoms with Crippen molar-refractivity contribution in [3.63, 3.8) is 0 Å². The molecular weight excluding hydrogens is 227 g/mol. The van der Waals surface area contributed by atoms with Gasteiger partial charge in [0.25, 0.3) is 0 Å². The van der Waals surface area contributed by atoms with Gasteiger partial charge in [0.1, 0.15) is 13.2 Å². The molecule has 5 heteroatoms. The number of benzene rings is 1. The Morgan fingerprint density at radius 1 is 1.35 bits per heavy atom. The normalized spacial score (nSPS) is 14.8. The molecule has 1 aliphatic heterocycles. The minimum Gasteiger partial charge on any atom is -0.505 e. The maximum absolute atomic E-state index is 14.0. The maximum atomic E-state index is 14.0. The molecule has 2 rings (SSSR count). The van der Waals surface area contributed by atoms with Gasteiger partial charge < -0.3 is 19.7 Å². The molecule has 0 atom stereocenters. The van der Waals surface area contributed by atoms with E-state index in [2.05, 4.69) is 0 Å². The summed E-state index contributed by atoms with van der Waals surface area (Å²) in [6, 6.07) is 1.20. The fourth-order valence-corrected chi connectivity index (χ4v) is 1.83. The third-order valence-corrected chi connectivity index (χ3v) is 2.82. The summed E-state index contributed by atoms with van der Waals surface area (Å²) in [6.45, 7) is 3.76. The highest BCUT2D eigenvalue weighted by Gasteiger charge is 2.33. The Balaban J connectivity index is 2.67. The Bertz CT molecular complexity index is 443. The summed E-state index contributed by atoms with van der Waals surface area (Å²) in [5.74, 6) is -0.684. The molecule has 0 saturated carbocycles. The van der Waals surface area contributed by atoms with Crippen molar-refractivity contribution in [2.24, 2.45) is 0 Å². The minimum atomic E-state index is -0.854. The lowest BCUT2D eigenvalue weighted by Gasteiger charge is -2.29. The number of hydrogen-bond donors (Lipinski definition) is 2. The van der Waals surface area contributed by atoms with E-state index in [9.17, 15) is 14.6 Å². The molecule has 0 spiro atoms. The Morgan fingerprint density at radius 2 is 2.00 bits per heavy atom. The molecule has 0 aromatic heterocycles. The van der Waals surface area contributed by atoms with Crippen LogP contribution in [0, 0.1) is 5.82 Å². The smallest absolute Gasteiger partial charge is 0.172 e. The van der Waals surface area contributed by atoms with Gasteiger partial charge in [-0.1, -0.05) is 13.8 Å². The number of fused-ring (bicyclic) bond motifs is 1. The molecule has 1 aromatic carbocycles. The van der Waals surface area contributed by atoms with Crippen molar-refractivity contribution in [3.8, 4) is 17.2 Å². The predicted molar refractivity (Wildman–Crippen MR) is 59.2 cm³/mol. The van der Waals surface area contributed by atoms with Crippen molar-refractivity contribution >= 4 is 0 Å². The van der Waals surface area contributed by atoms with Crippen LogP contribution in [-0.4, -0.2) is 30.0 Å². The van der Waals surface area contributed by atoms with Crippen LogP contribution >= 0.6 is 0 Å². The van der Waals surface area contributed by atoms with E-state index < -0.39 is 17.0 Å². The van der Waals surface area contributed by atoms with Crippen LogP contribution in [0.4, 0.5) is 4.39 Å². The van der Waals surface area contributed by atoms with Gasteiger partial charge >= 0.3 is 0 Å². The molecule has 94 valence electrons. The lowest BCUT2D eigenvalue weighted by atomic mass is 9.84. The zero-order chi connectivity index (χ0) is 12.6. The first-order valence-corrected chi connectivity index (χ1v) is 5.40. The van der Waals surface area contributed by atoms with E-state index in [0.29, 0.717) is 19.0 Å². The number of halogens is 1. The number of rotatable bonds is 2. The molecule has 0 fully saturated rings. The van der Waals surface area contributed by atoms with Crippen molar-refractivity contribution in [2.75, 3.05) is 19.8 Å². The molecule has 0 radical (unpaired) electrons. The zero-order valence-electron chi connectivity index (χ0n) is 9.79. The van der Waals surface area contributed by atoms with Crippen LogP contribution in [-0.2, 0) is 5.41 Å². The summed E-state index contributed by atoms with van der Waals surface area (Å²) in [5.41, 5.74) is -0.706. The molecule has 0 saturated heterocycles. The highest BCUT2D eigenvalue weighted by molar-refractivity contribution is 5.55. The van der Waals surface area contributed by atoms with Crippen molar-refractivity contribution in [1.82, 2.24) is 0 Å². The van der Waals surface area contributed by atoms with E-state index in [4.69, 9.17) is 9.47 Å². The topological polar surface area (TPSA) is 58.9 Å². The molecule has 0 amide bonds. The quantitative estimate of drug-likeness (QED) is 0.826. The van der Waals surface area contributed by atoms with Gasteiger partial charge in [-0.25, -0.2) is 4.39 Å². The monoisotopic (exact) mass is 242 g/mol. The Morgan fingerprint density at radius 3 is 2.65 bits per heavy atom. The van der Waals surface area contributed by atoms with Gasteiger partial charge in [-0.2, -0.15) is 0 Å². The second-order valence-corrected chi connectivity index (χ2v) is 4.65. The third kappa shape index (κ3) is 1.91. The first-order valence-electron chi connectivity index (χ1n) is 5.40. The van der Waals surface area contributed by atoms with E-state index >= 15 is 0 Å². The summed E-state index contributed by atoms with van der Waals surface area (Å²) in [7, 11) is 0. The van der Waals surface area contributed by atoms with Crippen LogP contribution in [0.5, 0.6) is 17.2 Å². The number of aliphatic hydroxyl groups is 1. The van der Waals surface area contributed by atoms with E-state index in [0.717, 1.165) is 0 Å². The van der Waals surface area contributed by atoms with Crippen molar-refractivity contribution in [1.29, 1.82) is 0 Å². The second kappa shape index (κ2) is 4.07. The molecule has 2 N–H and O–H groups in total. The summed E-state index contributed by atoms with van der Waals surface area (Å²) < 4.78 is 24.7. The molecule has 0 unspecified atom stereocenters. The van der Waals surface area contributed by atoms with Crippen LogP contribution in [0.3, 0.4) is 0 Å². The molecular formula is C12H15FO4. The van der Waals surface area contributed by atoms with E-state index in [1.54, 1.807) is 13.8 Å². The fraction of sp³-hybridized carbons (Fsp3) is 0.500. The van der Waals surface area contributed by atoms with Gasteiger partial charge in [0, 0.05) is 17.0 Å². The Hall–Kier alpha value is -1.49. The summed E-state index contributed by atoms with van der Waals surface area (Å²) in [5, 5.41) is 18.8. The molecule has 1 aromatic rings. The van der Waals surface area contributed by atoms with Crippen molar-refractivity contribution in [2.45, 2.75) is 19.3 Å². The van der Waals surface area contributed by atoms with Crippen molar-refractivity contribution in [3.05, 3.63) is 17.4 Å². The number of aliphatic hydroxyl groups excluding tert-OH is 1. The highest BCUT2D eigenvalue weighted by Crippen LogP contribution is 2.45. The van der Waals surface area contributed by atoms with E-state index in [-0.39, 0.29) is 17.9 Å². The average molecular weight is 242 g/mol. The van der Waals surface area contributed by atoms with Crippen LogP contribution in [0.2, 0.25) is 0 Å². The van der Waals surface area contributed by atoms with Gasteiger partial charge in [-0.05, 0) is 0 Å². The average Bonchev–Trinajstić information content (AvgIpc) is 2.30. The summed E-state index contributed by atoms with van der Waals surface area (Å²) in [4.78, 5) is 0. The number of phenolic OH excluding ortho intramolecular Hbond substituents is 1. The SMILES string of the molecule is CC(C)(CO)c1c(F)c(O)cc2c1OCCO2. The van der Waals surface area contributed by atoms with Gasteiger partial charge in [0.05, 0.1) is 6.61 Å². The van der Waals surface area contributed by atoms with E-state index in [1.807, 2.05) is 0 Å². The lowest BCUT2D eigenvalue weighted by molar-refractivity contribution is 0.157. The third-order valence-electron chi connectivity index (χ3n) is 2.82. The van der Waals surface area contributed by atoms with Crippen LogP contribution < -0.4 is 9.47 Å². The molecule has 4 nitrogen and oxygen atoms in total. The standard InChI is InChI=1S/C12H15FO4/c1-12(2,6-14)9-10(13)7(15)5-8-11(9)17-4-3-16-8/h5,14-15H,3-4,6H2,1-2H3. The lowest BCUT2D eigenvalue weighted by Crippen LogP contribution is -2.27. The number of ether oxygens (including phenoxy) is 2. The first-order chi connectivity index (χ1) is 7.97. The van der Waals surface area contributed by atoms with Crippen LogP contribution in [0.15, 0.2) is 6.07 Å². The van der Waals surface area contributed by atoms with E-state index in [1.165, 1.54) is 6.07 Å². The molecule has 0 bridgehead atoms. The number of phenols is 1. The minimum absolute atomic E-state index is 0.148. The highest BCUT2D eigenvalue weighted by atomic mass is 19.1. The number of hydrogen-bond acceptors (Lipinski definition) is 4. The largest absolute Gasteiger partial charge is 0.505 e. The molecule has 17 heavy (non-hydrogen) atoms. The zero-order valence-corrected chi connectivity index (χ0v) is 9.79. The molecule has 1 heterocycles. The second-order valence-electron chi connectivity index (χ2n) is 4.65. The first kappa shape index (κ1) is 12.0. The summed E-state index contributed by atoms with van der Waals surface area (Å²) in [6.07, 6.45) is 0. The van der Waals surface area contributed by atoms with Gasteiger partial charge in [-0.3, -0.25) is 0 Å². The van der Waals surface area contributed by atoms with Gasteiger partial charge in [0.15, 0.2) is 23.1 Å². The Kier molecular flexibility index (Phi) is 2.87. The molecule has 1 aliphatic rings. The number of aromatic hydroxyl groups is 1. The van der Waals surface area contributed by atoms with Crippen molar-refractivity contribution < 1.29 is 24.1 Å². The van der Waals surface area contributed by atoms with Gasteiger partial charge in [0.2, 0.25) is 0 Å². The molecule has 0 aliphatic carbocycles.